The van der Waals surface area contributed by atoms with Gasteiger partial charge in [-0.05, 0) is 55.2 Å². The molecule has 2 rings (SSSR count). The van der Waals surface area contributed by atoms with Crippen molar-refractivity contribution in [3.8, 4) is 5.75 Å². The molecule has 0 spiro atoms. The van der Waals surface area contributed by atoms with E-state index in [9.17, 15) is 0 Å². The van der Waals surface area contributed by atoms with Gasteiger partial charge in [-0.3, -0.25) is 0 Å². The van der Waals surface area contributed by atoms with Crippen LogP contribution in [0.4, 0.5) is 0 Å². The molecule has 0 unspecified atom stereocenters. The molecule has 0 aliphatic rings. The van der Waals surface area contributed by atoms with E-state index in [2.05, 4.69) is 32.9 Å². The molecule has 2 aromatic rings. The zero-order valence-corrected chi connectivity index (χ0v) is 14.0. The lowest BCUT2D eigenvalue weighted by Gasteiger charge is -2.18. The maximum atomic E-state index is 5.98. The lowest BCUT2D eigenvalue weighted by atomic mass is 10.0. The van der Waals surface area contributed by atoms with Crippen LogP contribution in [0.1, 0.15) is 34.1 Å². The number of ether oxygens (including phenoxy) is 3. The van der Waals surface area contributed by atoms with Crippen molar-refractivity contribution in [3.05, 3.63) is 64.2 Å². The van der Waals surface area contributed by atoms with Crippen molar-refractivity contribution in [1.82, 2.24) is 0 Å². The van der Waals surface area contributed by atoms with Crippen molar-refractivity contribution >= 4 is 0 Å². The predicted molar refractivity (Wildman–Crippen MR) is 88.2 cm³/mol. The van der Waals surface area contributed by atoms with Crippen molar-refractivity contribution in [1.29, 1.82) is 0 Å². The molecule has 0 atom stereocenters. The highest BCUT2D eigenvalue weighted by Gasteiger charge is 2.14. The molecule has 0 bridgehead atoms. The summed E-state index contributed by atoms with van der Waals surface area (Å²) in [4.78, 5) is 0. The zero-order valence-electron chi connectivity index (χ0n) is 14.0. The minimum Gasteiger partial charge on any atom is -0.489 e. The van der Waals surface area contributed by atoms with Gasteiger partial charge in [0, 0.05) is 19.8 Å². The standard InChI is InChI=1S/C19H24O3/c1-13-10-17(11-14(2)15(13)3)22-12-16-8-6-7-9-18(16)19(20-4)21-5/h6-11,19H,12H2,1-5H3. The third kappa shape index (κ3) is 3.67. The quantitative estimate of drug-likeness (QED) is 0.736. The van der Waals surface area contributed by atoms with Crippen LogP contribution in [0, 0.1) is 20.8 Å². The van der Waals surface area contributed by atoms with Gasteiger partial charge in [0.05, 0.1) is 0 Å². The minimum atomic E-state index is -0.374. The third-order valence-electron chi connectivity index (χ3n) is 4.03. The number of aryl methyl sites for hydroxylation is 2. The molecule has 0 N–H and O–H groups in total. The van der Waals surface area contributed by atoms with E-state index in [1.807, 2.05) is 24.3 Å². The molecule has 3 heteroatoms. The molecule has 22 heavy (non-hydrogen) atoms. The summed E-state index contributed by atoms with van der Waals surface area (Å²) in [5.74, 6) is 0.891. The van der Waals surface area contributed by atoms with Crippen LogP contribution in [0.5, 0.6) is 5.75 Å². The lowest BCUT2D eigenvalue weighted by molar-refractivity contribution is -0.106. The van der Waals surface area contributed by atoms with Crippen molar-refractivity contribution in [3.63, 3.8) is 0 Å². The average molecular weight is 300 g/mol. The van der Waals surface area contributed by atoms with Gasteiger partial charge in [-0.25, -0.2) is 0 Å². The van der Waals surface area contributed by atoms with Crippen LogP contribution in [0.25, 0.3) is 0 Å². The maximum absolute atomic E-state index is 5.98. The van der Waals surface area contributed by atoms with Crippen molar-refractivity contribution < 1.29 is 14.2 Å². The second kappa shape index (κ2) is 7.43. The topological polar surface area (TPSA) is 27.7 Å². The number of methoxy groups -OCH3 is 2. The number of hydrogen-bond acceptors (Lipinski definition) is 3. The SMILES string of the molecule is COC(OC)c1ccccc1COc1cc(C)c(C)c(C)c1. The molecule has 0 heterocycles. The molecule has 3 nitrogen and oxygen atoms in total. The average Bonchev–Trinajstić information content (AvgIpc) is 2.52. The van der Waals surface area contributed by atoms with Gasteiger partial charge < -0.3 is 14.2 Å². The summed E-state index contributed by atoms with van der Waals surface area (Å²) in [7, 11) is 3.27. The summed E-state index contributed by atoms with van der Waals surface area (Å²) in [5.41, 5.74) is 5.86. The van der Waals surface area contributed by atoms with Gasteiger partial charge in [0.25, 0.3) is 0 Å². The fraction of sp³-hybridized carbons (Fsp3) is 0.368. The second-order valence-corrected chi connectivity index (χ2v) is 5.47. The fourth-order valence-corrected chi connectivity index (χ4v) is 2.49. The molecule has 2 aromatic carbocycles. The van der Waals surface area contributed by atoms with Gasteiger partial charge in [0.2, 0.25) is 0 Å². The first-order valence-electron chi connectivity index (χ1n) is 7.40. The molecule has 0 aliphatic heterocycles. The summed E-state index contributed by atoms with van der Waals surface area (Å²) in [6, 6.07) is 12.2. The van der Waals surface area contributed by atoms with Crippen molar-refractivity contribution in [2.45, 2.75) is 33.7 Å². The van der Waals surface area contributed by atoms with Crippen LogP contribution in [0.15, 0.2) is 36.4 Å². The van der Waals surface area contributed by atoms with E-state index < -0.39 is 0 Å². The first-order chi connectivity index (χ1) is 10.6. The monoisotopic (exact) mass is 300 g/mol. The van der Waals surface area contributed by atoms with Crippen LogP contribution in [-0.4, -0.2) is 14.2 Å². The number of hydrogen-bond donors (Lipinski definition) is 0. The van der Waals surface area contributed by atoms with Crippen molar-refractivity contribution in [2.75, 3.05) is 14.2 Å². The van der Waals surface area contributed by atoms with E-state index in [-0.39, 0.29) is 6.29 Å². The molecule has 0 radical (unpaired) electrons. The Morgan fingerprint density at radius 2 is 1.50 bits per heavy atom. The summed E-state index contributed by atoms with van der Waals surface area (Å²) in [5, 5.41) is 0. The molecular weight excluding hydrogens is 276 g/mol. The van der Waals surface area contributed by atoms with E-state index >= 15 is 0 Å². The zero-order chi connectivity index (χ0) is 16.1. The number of benzene rings is 2. The van der Waals surface area contributed by atoms with Crippen LogP contribution in [0.3, 0.4) is 0 Å². The van der Waals surface area contributed by atoms with E-state index in [0.29, 0.717) is 6.61 Å². The van der Waals surface area contributed by atoms with Gasteiger partial charge in [-0.1, -0.05) is 24.3 Å². The van der Waals surface area contributed by atoms with E-state index in [1.165, 1.54) is 16.7 Å². The number of rotatable bonds is 6. The van der Waals surface area contributed by atoms with Crippen molar-refractivity contribution in [2.24, 2.45) is 0 Å². The smallest absolute Gasteiger partial charge is 0.183 e. The highest BCUT2D eigenvalue weighted by Crippen LogP contribution is 2.25. The van der Waals surface area contributed by atoms with Gasteiger partial charge in [-0.15, -0.1) is 0 Å². The predicted octanol–water partition coefficient (Wildman–Crippen LogP) is 4.48. The summed E-state index contributed by atoms with van der Waals surface area (Å²) < 4.78 is 16.7. The summed E-state index contributed by atoms with van der Waals surface area (Å²) in [6.07, 6.45) is -0.374. The Hall–Kier alpha value is -1.84. The minimum absolute atomic E-state index is 0.374. The van der Waals surface area contributed by atoms with Crippen LogP contribution < -0.4 is 4.74 Å². The maximum Gasteiger partial charge on any atom is 0.183 e. The first-order valence-corrected chi connectivity index (χ1v) is 7.40. The largest absolute Gasteiger partial charge is 0.489 e. The highest BCUT2D eigenvalue weighted by atomic mass is 16.7. The molecule has 0 saturated carbocycles. The van der Waals surface area contributed by atoms with E-state index in [0.717, 1.165) is 16.9 Å². The fourth-order valence-electron chi connectivity index (χ4n) is 2.49. The molecule has 0 aliphatic carbocycles. The molecule has 0 saturated heterocycles. The lowest BCUT2D eigenvalue weighted by Crippen LogP contribution is -2.09. The Morgan fingerprint density at radius 1 is 0.909 bits per heavy atom. The van der Waals surface area contributed by atoms with Gasteiger partial charge in [0.1, 0.15) is 12.4 Å². The Bertz CT molecular complexity index is 607. The van der Waals surface area contributed by atoms with E-state index in [4.69, 9.17) is 14.2 Å². The Kier molecular flexibility index (Phi) is 5.58. The van der Waals surface area contributed by atoms with Gasteiger partial charge in [-0.2, -0.15) is 0 Å². The first kappa shape index (κ1) is 16.5. The normalized spacial score (nSPS) is 11.0. The third-order valence-corrected chi connectivity index (χ3v) is 4.03. The van der Waals surface area contributed by atoms with Crippen LogP contribution >= 0.6 is 0 Å². The highest BCUT2D eigenvalue weighted by molar-refractivity contribution is 5.40. The Balaban J connectivity index is 2.18. The van der Waals surface area contributed by atoms with Gasteiger partial charge >= 0.3 is 0 Å². The molecular formula is C19H24O3. The van der Waals surface area contributed by atoms with Gasteiger partial charge in [0.15, 0.2) is 6.29 Å². The van der Waals surface area contributed by atoms with Crippen LogP contribution in [0.2, 0.25) is 0 Å². The molecule has 0 amide bonds. The Morgan fingerprint density at radius 3 is 2.09 bits per heavy atom. The Labute approximate surface area is 132 Å². The molecule has 118 valence electrons. The summed E-state index contributed by atoms with van der Waals surface area (Å²) >= 11 is 0. The summed E-state index contributed by atoms with van der Waals surface area (Å²) in [6.45, 7) is 6.83. The van der Waals surface area contributed by atoms with Crippen LogP contribution in [-0.2, 0) is 16.1 Å². The molecule has 0 aromatic heterocycles. The second-order valence-electron chi connectivity index (χ2n) is 5.47. The molecule has 0 fully saturated rings. The van der Waals surface area contributed by atoms with E-state index in [1.54, 1.807) is 14.2 Å².